The molecule has 15 heavy (non-hydrogen) atoms. The lowest BCUT2D eigenvalue weighted by Crippen LogP contribution is -2.15. The summed E-state index contributed by atoms with van der Waals surface area (Å²) in [4.78, 5) is 14.4. The third kappa shape index (κ3) is 2.74. The minimum Gasteiger partial charge on any atom is -0.460 e. The number of hydrogen-bond acceptors (Lipinski definition) is 4. The van der Waals surface area contributed by atoms with Gasteiger partial charge in [-0.1, -0.05) is 0 Å². The standard InChI is InChI=1S/C8H8BrF2NO3/c1-3-14-6(13)4-5(8(2,10)11)12-7(9)15-4/h3H2,1-2H3. The molecule has 84 valence electrons. The van der Waals surface area contributed by atoms with Crippen molar-refractivity contribution in [2.45, 2.75) is 19.8 Å². The van der Waals surface area contributed by atoms with Crippen molar-refractivity contribution in [2.75, 3.05) is 6.61 Å². The summed E-state index contributed by atoms with van der Waals surface area (Å²) in [7, 11) is 0. The molecule has 1 heterocycles. The maximum atomic E-state index is 13.0. The third-order valence-electron chi connectivity index (χ3n) is 1.48. The molecule has 0 saturated carbocycles. The number of rotatable bonds is 3. The van der Waals surface area contributed by atoms with Crippen molar-refractivity contribution < 1.29 is 22.7 Å². The second kappa shape index (κ2) is 4.26. The number of hydrogen-bond donors (Lipinski definition) is 0. The van der Waals surface area contributed by atoms with Gasteiger partial charge in [-0.3, -0.25) is 0 Å². The second-order valence-electron chi connectivity index (χ2n) is 2.75. The summed E-state index contributed by atoms with van der Waals surface area (Å²) < 4.78 is 35.2. The van der Waals surface area contributed by atoms with E-state index in [0.29, 0.717) is 6.92 Å². The fourth-order valence-corrected chi connectivity index (χ4v) is 1.27. The quantitative estimate of drug-likeness (QED) is 0.801. The smallest absolute Gasteiger partial charge is 0.376 e. The number of alkyl halides is 2. The summed E-state index contributed by atoms with van der Waals surface area (Å²) >= 11 is 2.78. The normalized spacial score (nSPS) is 11.5. The molecule has 0 aromatic carbocycles. The molecule has 1 aromatic rings. The molecule has 0 radical (unpaired) electrons. The lowest BCUT2D eigenvalue weighted by atomic mass is 10.2. The number of halogens is 3. The first-order chi connectivity index (χ1) is 6.86. The number of oxazole rings is 1. The molecule has 0 N–H and O–H groups in total. The number of carbonyl (C=O) groups excluding carboxylic acids is 1. The van der Waals surface area contributed by atoms with Crippen molar-refractivity contribution in [2.24, 2.45) is 0 Å². The summed E-state index contributed by atoms with van der Waals surface area (Å²) in [6.45, 7) is 2.26. The van der Waals surface area contributed by atoms with Crippen molar-refractivity contribution >= 4 is 21.9 Å². The molecule has 0 amide bonds. The number of carbonyl (C=O) groups is 1. The van der Waals surface area contributed by atoms with E-state index in [1.54, 1.807) is 6.92 Å². The molecule has 0 bridgehead atoms. The average Bonchev–Trinajstić information content (AvgIpc) is 2.47. The first-order valence-corrected chi connectivity index (χ1v) is 4.87. The topological polar surface area (TPSA) is 52.3 Å². The van der Waals surface area contributed by atoms with Crippen LogP contribution in [0.3, 0.4) is 0 Å². The molecule has 0 unspecified atom stereocenters. The zero-order valence-electron chi connectivity index (χ0n) is 8.01. The average molecular weight is 284 g/mol. The zero-order chi connectivity index (χ0) is 11.6. The van der Waals surface area contributed by atoms with Gasteiger partial charge in [0.1, 0.15) is 0 Å². The Morgan fingerprint density at radius 3 is 2.73 bits per heavy atom. The van der Waals surface area contributed by atoms with E-state index in [4.69, 9.17) is 4.42 Å². The van der Waals surface area contributed by atoms with Crippen LogP contribution >= 0.6 is 15.9 Å². The van der Waals surface area contributed by atoms with Gasteiger partial charge in [0.25, 0.3) is 10.7 Å². The Bertz CT molecular complexity index is 372. The van der Waals surface area contributed by atoms with Crippen LogP contribution in [0.4, 0.5) is 8.78 Å². The van der Waals surface area contributed by atoms with Crippen molar-refractivity contribution in [1.29, 1.82) is 0 Å². The van der Waals surface area contributed by atoms with Crippen LogP contribution in [-0.2, 0) is 10.7 Å². The summed E-state index contributed by atoms with van der Waals surface area (Å²) in [5, 5.41) is 0. The Hall–Kier alpha value is -0.980. The maximum Gasteiger partial charge on any atom is 0.376 e. The Labute approximate surface area is 92.7 Å². The van der Waals surface area contributed by atoms with Crippen LogP contribution in [0.1, 0.15) is 30.1 Å². The van der Waals surface area contributed by atoms with Gasteiger partial charge in [-0.2, -0.15) is 8.78 Å². The van der Waals surface area contributed by atoms with Crippen LogP contribution in [0.15, 0.2) is 9.22 Å². The van der Waals surface area contributed by atoms with E-state index >= 15 is 0 Å². The highest BCUT2D eigenvalue weighted by Gasteiger charge is 2.36. The lowest BCUT2D eigenvalue weighted by Gasteiger charge is -2.07. The van der Waals surface area contributed by atoms with Crippen LogP contribution in [0, 0.1) is 0 Å². The lowest BCUT2D eigenvalue weighted by molar-refractivity contribution is 0.00882. The molecule has 7 heteroatoms. The Kier molecular flexibility index (Phi) is 3.43. The first kappa shape index (κ1) is 12.1. The van der Waals surface area contributed by atoms with E-state index in [1.165, 1.54) is 0 Å². The van der Waals surface area contributed by atoms with Gasteiger partial charge in [0, 0.05) is 22.9 Å². The van der Waals surface area contributed by atoms with E-state index in [0.717, 1.165) is 0 Å². The van der Waals surface area contributed by atoms with E-state index < -0.39 is 23.3 Å². The molecular weight excluding hydrogens is 276 g/mol. The fraction of sp³-hybridized carbons (Fsp3) is 0.500. The number of esters is 1. The third-order valence-corrected chi connectivity index (χ3v) is 1.82. The van der Waals surface area contributed by atoms with Gasteiger partial charge >= 0.3 is 5.97 Å². The molecule has 1 aromatic heterocycles. The van der Waals surface area contributed by atoms with Crippen molar-refractivity contribution in [3.63, 3.8) is 0 Å². The van der Waals surface area contributed by atoms with Gasteiger partial charge < -0.3 is 9.15 Å². The molecule has 0 aliphatic rings. The van der Waals surface area contributed by atoms with Crippen LogP contribution in [-0.4, -0.2) is 17.6 Å². The summed E-state index contributed by atoms with van der Waals surface area (Å²) in [6, 6.07) is 0. The number of ether oxygens (including phenoxy) is 1. The first-order valence-electron chi connectivity index (χ1n) is 4.08. The van der Waals surface area contributed by atoms with Crippen LogP contribution in [0.25, 0.3) is 0 Å². The SMILES string of the molecule is CCOC(=O)c1oc(Br)nc1C(C)(F)F. The number of aromatic nitrogens is 1. The van der Waals surface area contributed by atoms with Crippen molar-refractivity contribution in [3.8, 4) is 0 Å². The monoisotopic (exact) mass is 283 g/mol. The maximum absolute atomic E-state index is 13.0. The summed E-state index contributed by atoms with van der Waals surface area (Å²) in [5.41, 5.74) is -0.729. The number of nitrogens with zero attached hydrogens (tertiary/aromatic N) is 1. The van der Waals surface area contributed by atoms with E-state index in [2.05, 4.69) is 25.7 Å². The molecule has 1 rings (SSSR count). The van der Waals surface area contributed by atoms with Gasteiger partial charge in [0.2, 0.25) is 5.76 Å². The summed E-state index contributed by atoms with van der Waals surface area (Å²) in [5.74, 6) is -4.78. The van der Waals surface area contributed by atoms with Crippen LogP contribution < -0.4 is 0 Å². The highest BCUT2D eigenvalue weighted by Crippen LogP contribution is 2.31. The van der Waals surface area contributed by atoms with Crippen LogP contribution in [0.5, 0.6) is 0 Å². The van der Waals surface area contributed by atoms with Gasteiger partial charge in [-0.25, -0.2) is 9.78 Å². The fourth-order valence-electron chi connectivity index (χ4n) is 0.927. The predicted molar refractivity (Wildman–Crippen MR) is 49.7 cm³/mol. The zero-order valence-corrected chi connectivity index (χ0v) is 9.60. The van der Waals surface area contributed by atoms with Crippen LogP contribution in [0.2, 0.25) is 0 Å². The molecule has 0 fully saturated rings. The molecule has 4 nitrogen and oxygen atoms in total. The largest absolute Gasteiger partial charge is 0.460 e. The highest BCUT2D eigenvalue weighted by molar-refractivity contribution is 9.10. The molecular formula is C8H8BrF2NO3. The Balaban J connectivity index is 3.12. The van der Waals surface area contributed by atoms with Crippen molar-refractivity contribution in [1.82, 2.24) is 4.98 Å². The van der Waals surface area contributed by atoms with E-state index in [-0.39, 0.29) is 11.4 Å². The second-order valence-corrected chi connectivity index (χ2v) is 3.43. The molecule has 0 saturated heterocycles. The van der Waals surface area contributed by atoms with Gasteiger partial charge in [0.15, 0.2) is 5.69 Å². The van der Waals surface area contributed by atoms with Gasteiger partial charge in [0.05, 0.1) is 6.61 Å². The minimum absolute atomic E-state index is 0.0753. The minimum atomic E-state index is -3.25. The van der Waals surface area contributed by atoms with Gasteiger partial charge in [-0.15, -0.1) is 0 Å². The summed E-state index contributed by atoms with van der Waals surface area (Å²) in [6.07, 6.45) is 0. The predicted octanol–water partition coefficient (Wildman–Crippen LogP) is 2.73. The Morgan fingerprint density at radius 2 is 2.27 bits per heavy atom. The van der Waals surface area contributed by atoms with E-state index in [1.807, 2.05) is 0 Å². The molecule has 0 atom stereocenters. The molecule has 0 aliphatic heterocycles. The highest BCUT2D eigenvalue weighted by atomic mass is 79.9. The molecule has 0 spiro atoms. The Morgan fingerprint density at radius 1 is 1.67 bits per heavy atom. The van der Waals surface area contributed by atoms with Crippen molar-refractivity contribution in [3.05, 3.63) is 16.3 Å². The van der Waals surface area contributed by atoms with E-state index in [9.17, 15) is 13.6 Å². The molecule has 0 aliphatic carbocycles. The van der Waals surface area contributed by atoms with Gasteiger partial charge in [-0.05, 0) is 6.92 Å².